The SMILES string of the molecule is Cc1c(COc2cc(OCc3cncc(C#N)c3)c(CNC(C)(CO)C(=O)O)cc2Cl)cccc1-c1cccc(-c2ccc(OCCNCCO)cc2)c1C. The number of nitrogens with one attached hydrogen (secondary N) is 2. The molecule has 11 nitrogen and oxygen atoms in total. The third-order valence-electron chi connectivity index (χ3n) is 9.35. The van der Waals surface area contributed by atoms with Gasteiger partial charge in [0.25, 0.3) is 0 Å². The molecule has 0 amide bonds. The monoisotopic (exact) mass is 764 g/mol. The average molecular weight is 765 g/mol. The number of carbonyl (C=O) groups is 1. The molecule has 1 unspecified atom stereocenters. The molecular weight excluding hydrogens is 720 g/mol. The lowest BCUT2D eigenvalue weighted by molar-refractivity contribution is -0.145. The van der Waals surface area contributed by atoms with Gasteiger partial charge in [0.05, 0.1) is 23.8 Å². The Labute approximate surface area is 326 Å². The van der Waals surface area contributed by atoms with Crippen molar-refractivity contribution >= 4 is 17.6 Å². The van der Waals surface area contributed by atoms with E-state index in [1.54, 1.807) is 24.4 Å². The lowest BCUT2D eigenvalue weighted by Gasteiger charge is -2.25. The number of aliphatic hydroxyl groups is 2. The highest BCUT2D eigenvalue weighted by Crippen LogP contribution is 2.37. The summed E-state index contributed by atoms with van der Waals surface area (Å²) in [5.41, 5.74) is 7.52. The van der Waals surface area contributed by atoms with Crippen LogP contribution >= 0.6 is 11.6 Å². The van der Waals surface area contributed by atoms with E-state index in [0.717, 1.165) is 44.7 Å². The van der Waals surface area contributed by atoms with Crippen LogP contribution < -0.4 is 24.8 Å². The van der Waals surface area contributed by atoms with Crippen LogP contribution in [0.25, 0.3) is 22.3 Å². The van der Waals surface area contributed by atoms with E-state index in [1.807, 2.05) is 24.3 Å². The van der Waals surface area contributed by atoms with Crippen LogP contribution in [0, 0.1) is 25.2 Å². The molecule has 5 N–H and O–H groups in total. The summed E-state index contributed by atoms with van der Waals surface area (Å²) in [4.78, 5) is 15.9. The second-order valence-corrected chi connectivity index (χ2v) is 13.6. The molecule has 0 aliphatic heterocycles. The number of ether oxygens (including phenoxy) is 3. The van der Waals surface area contributed by atoms with E-state index in [9.17, 15) is 20.3 Å². The van der Waals surface area contributed by atoms with Crippen LogP contribution in [-0.2, 0) is 24.6 Å². The number of nitriles is 1. The van der Waals surface area contributed by atoms with Crippen LogP contribution in [0.4, 0.5) is 0 Å². The summed E-state index contributed by atoms with van der Waals surface area (Å²) in [5, 5.41) is 43.9. The second-order valence-electron chi connectivity index (χ2n) is 13.2. The van der Waals surface area contributed by atoms with Crippen molar-refractivity contribution < 1.29 is 34.3 Å². The summed E-state index contributed by atoms with van der Waals surface area (Å²) >= 11 is 6.75. The Morgan fingerprint density at radius 1 is 0.855 bits per heavy atom. The molecule has 55 heavy (non-hydrogen) atoms. The first-order valence-electron chi connectivity index (χ1n) is 17.8. The minimum absolute atomic E-state index is 0.0243. The van der Waals surface area contributed by atoms with Crippen molar-refractivity contribution in [1.29, 1.82) is 5.26 Å². The van der Waals surface area contributed by atoms with Gasteiger partial charge in [0.15, 0.2) is 0 Å². The van der Waals surface area contributed by atoms with E-state index in [4.69, 9.17) is 30.9 Å². The molecule has 0 radical (unpaired) electrons. The highest BCUT2D eigenvalue weighted by molar-refractivity contribution is 6.32. The highest BCUT2D eigenvalue weighted by atomic mass is 35.5. The number of aromatic nitrogens is 1. The zero-order chi connectivity index (χ0) is 39.4. The largest absolute Gasteiger partial charge is 0.492 e. The summed E-state index contributed by atoms with van der Waals surface area (Å²) in [5.74, 6) is 0.321. The van der Waals surface area contributed by atoms with E-state index in [1.165, 1.54) is 13.1 Å². The van der Waals surface area contributed by atoms with E-state index in [0.29, 0.717) is 52.9 Å². The maximum atomic E-state index is 11.8. The van der Waals surface area contributed by atoms with Crippen molar-refractivity contribution in [1.82, 2.24) is 15.6 Å². The molecule has 0 aliphatic carbocycles. The number of pyridine rings is 1. The Morgan fingerprint density at radius 3 is 2.27 bits per heavy atom. The number of hydrogen-bond acceptors (Lipinski definition) is 10. The zero-order valence-corrected chi connectivity index (χ0v) is 31.8. The topological polar surface area (TPSA) is 166 Å². The van der Waals surface area contributed by atoms with Crippen LogP contribution in [0.5, 0.6) is 17.2 Å². The predicted octanol–water partition coefficient (Wildman–Crippen LogP) is 6.60. The fourth-order valence-corrected chi connectivity index (χ4v) is 6.18. The Balaban J connectivity index is 1.36. The molecule has 0 saturated heterocycles. The molecule has 1 aromatic heterocycles. The number of benzene rings is 4. The Morgan fingerprint density at radius 2 is 1.56 bits per heavy atom. The number of halogens is 1. The fourth-order valence-electron chi connectivity index (χ4n) is 5.94. The molecule has 0 bridgehead atoms. The quantitative estimate of drug-likeness (QED) is 0.0575. The van der Waals surface area contributed by atoms with Crippen molar-refractivity contribution in [3.63, 3.8) is 0 Å². The van der Waals surface area contributed by atoms with Crippen LogP contribution in [0.15, 0.2) is 91.3 Å². The molecule has 1 heterocycles. The molecule has 5 aromatic rings. The first-order valence-corrected chi connectivity index (χ1v) is 18.2. The Hall–Kier alpha value is -5.48. The first-order chi connectivity index (χ1) is 26.6. The van der Waals surface area contributed by atoms with Gasteiger partial charge in [-0.3, -0.25) is 15.1 Å². The molecule has 0 fully saturated rings. The van der Waals surface area contributed by atoms with Gasteiger partial charge in [-0.05, 0) is 84.0 Å². The number of carboxylic acids is 1. The van der Waals surface area contributed by atoms with Gasteiger partial charge in [-0.1, -0.05) is 60.1 Å². The smallest absolute Gasteiger partial charge is 0.326 e. The maximum Gasteiger partial charge on any atom is 0.326 e. The van der Waals surface area contributed by atoms with Crippen LogP contribution in [0.3, 0.4) is 0 Å². The van der Waals surface area contributed by atoms with E-state index in [2.05, 4.69) is 71.9 Å². The molecule has 286 valence electrons. The molecule has 1 atom stereocenters. The lowest BCUT2D eigenvalue weighted by Crippen LogP contribution is -2.52. The van der Waals surface area contributed by atoms with Crippen molar-refractivity contribution in [3.8, 4) is 45.6 Å². The summed E-state index contributed by atoms with van der Waals surface area (Å²) in [6.07, 6.45) is 3.06. The van der Waals surface area contributed by atoms with Crippen molar-refractivity contribution in [3.05, 3.63) is 130 Å². The van der Waals surface area contributed by atoms with Gasteiger partial charge in [0.1, 0.15) is 48.7 Å². The molecule has 5 rings (SSSR count). The number of nitrogens with zero attached hydrogens (tertiary/aromatic N) is 2. The summed E-state index contributed by atoms with van der Waals surface area (Å²) < 4.78 is 18.3. The van der Waals surface area contributed by atoms with Crippen molar-refractivity contribution in [2.75, 3.05) is 32.9 Å². The van der Waals surface area contributed by atoms with Crippen LogP contribution in [0.2, 0.25) is 5.02 Å². The highest BCUT2D eigenvalue weighted by Gasteiger charge is 2.32. The minimum atomic E-state index is -1.59. The van der Waals surface area contributed by atoms with E-state index < -0.39 is 18.1 Å². The minimum Gasteiger partial charge on any atom is -0.492 e. The number of carboxylic acid groups (broad SMARTS) is 1. The number of rotatable bonds is 19. The van der Waals surface area contributed by atoms with Gasteiger partial charge in [-0.2, -0.15) is 5.26 Å². The number of aliphatic carboxylic acids is 1. The molecular formula is C43H45ClN4O7. The van der Waals surface area contributed by atoms with Gasteiger partial charge >= 0.3 is 5.97 Å². The fraction of sp³-hybridized carbons (Fsp3) is 0.279. The molecule has 0 saturated carbocycles. The van der Waals surface area contributed by atoms with Crippen molar-refractivity contribution in [2.24, 2.45) is 0 Å². The standard InChI is InChI=1S/C43H45ClN4O7/c1-28-33(6-4-8-37(28)38-9-5-7-36(29(38)2)32-10-12-35(13-11-32)53-17-15-46-14-16-49)26-55-41-20-40(54-25-31-18-30(21-45)22-47-23-31)34(19-39(41)44)24-48-43(3,27-50)42(51)52/h4-13,18-20,22-23,46,48-50H,14-17,24-27H2,1-3H3,(H,51,52). The molecule has 0 aliphatic rings. The summed E-state index contributed by atoms with van der Waals surface area (Å²) in [6, 6.07) is 27.5. The van der Waals surface area contributed by atoms with E-state index >= 15 is 0 Å². The predicted molar refractivity (Wildman–Crippen MR) is 211 cm³/mol. The Bertz CT molecular complexity index is 2140. The molecule has 4 aromatic carbocycles. The second kappa shape index (κ2) is 19.2. The molecule has 12 heteroatoms. The van der Waals surface area contributed by atoms with Gasteiger partial charge in [0, 0.05) is 49.2 Å². The average Bonchev–Trinajstić information content (AvgIpc) is 3.20. The van der Waals surface area contributed by atoms with Gasteiger partial charge < -0.3 is 34.8 Å². The zero-order valence-electron chi connectivity index (χ0n) is 31.1. The maximum absolute atomic E-state index is 11.8. The van der Waals surface area contributed by atoms with Crippen LogP contribution in [-0.4, -0.2) is 64.7 Å². The van der Waals surface area contributed by atoms with E-state index in [-0.39, 0.29) is 26.4 Å². The lowest BCUT2D eigenvalue weighted by atomic mass is 9.89. The summed E-state index contributed by atoms with van der Waals surface area (Å²) in [6.45, 7) is 7.05. The molecule has 0 spiro atoms. The van der Waals surface area contributed by atoms with Gasteiger partial charge in [-0.15, -0.1) is 0 Å². The Kier molecular flexibility index (Phi) is 14.2. The summed E-state index contributed by atoms with van der Waals surface area (Å²) in [7, 11) is 0. The van der Waals surface area contributed by atoms with Gasteiger partial charge in [-0.25, -0.2) is 0 Å². The third kappa shape index (κ3) is 10.4. The van der Waals surface area contributed by atoms with Gasteiger partial charge in [0.2, 0.25) is 0 Å². The third-order valence-corrected chi connectivity index (χ3v) is 9.64. The number of hydrogen-bond donors (Lipinski definition) is 5. The normalized spacial score (nSPS) is 12.1. The van der Waals surface area contributed by atoms with Crippen molar-refractivity contribution in [2.45, 2.75) is 46.1 Å². The first kappa shape index (κ1) is 40.7. The van der Waals surface area contributed by atoms with Crippen LogP contribution in [0.1, 0.15) is 40.3 Å². The number of aliphatic hydroxyl groups excluding tert-OH is 2.